The average molecular weight is 267 g/mol. The first-order valence-corrected chi connectivity index (χ1v) is 6.89. The Morgan fingerprint density at radius 2 is 1.95 bits per heavy atom. The largest absolute Gasteiger partial charge is 0.478 e. The third kappa shape index (κ3) is 2.82. The van der Waals surface area contributed by atoms with Crippen molar-refractivity contribution >= 4 is 11.7 Å². The number of carbonyl (C=O) groups is 1. The van der Waals surface area contributed by atoms with Crippen molar-refractivity contribution in [1.82, 2.24) is 0 Å². The second-order valence-corrected chi connectivity index (χ2v) is 5.21. The molecular weight excluding hydrogens is 250 g/mol. The van der Waals surface area contributed by atoms with E-state index in [0.29, 0.717) is 5.56 Å². The lowest BCUT2D eigenvalue weighted by molar-refractivity contribution is 0.0697. The smallest absolute Gasteiger partial charge is 0.335 e. The van der Waals surface area contributed by atoms with E-state index in [1.165, 1.54) is 24.0 Å². The molecule has 1 aliphatic carbocycles. The topological polar surface area (TPSA) is 49.3 Å². The Morgan fingerprint density at radius 3 is 2.70 bits per heavy atom. The van der Waals surface area contributed by atoms with Gasteiger partial charge in [0.25, 0.3) is 0 Å². The molecule has 0 amide bonds. The third-order valence-corrected chi connectivity index (χ3v) is 3.66. The molecule has 0 aliphatic heterocycles. The molecular formula is C17H17NO2. The monoisotopic (exact) mass is 267 g/mol. The number of carboxylic acids is 1. The molecule has 0 heterocycles. The number of aromatic carboxylic acids is 1. The Bertz CT molecular complexity index is 632. The second kappa shape index (κ2) is 5.37. The molecule has 2 aromatic rings. The lowest BCUT2D eigenvalue weighted by Crippen LogP contribution is -2.04. The van der Waals surface area contributed by atoms with Crippen LogP contribution in [0.5, 0.6) is 0 Å². The van der Waals surface area contributed by atoms with Crippen LogP contribution in [0.2, 0.25) is 0 Å². The standard InChI is InChI=1S/C17H17NO2/c19-17(20)13-5-3-6-15(10-13)18-11-14-4-1-2-7-16(14)12-8-9-12/h1-7,10,12,18H,8-9,11H2,(H,19,20). The summed E-state index contributed by atoms with van der Waals surface area (Å²) in [5.74, 6) is -0.176. The third-order valence-electron chi connectivity index (χ3n) is 3.66. The Labute approximate surface area is 118 Å². The number of hydrogen-bond acceptors (Lipinski definition) is 2. The number of hydrogen-bond donors (Lipinski definition) is 2. The fraction of sp³-hybridized carbons (Fsp3) is 0.235. The molecule has 0 unspecified atom stereocenters. The van der Waals surface area contributed by atoms with Gasteiger partial charge in [-0.3, -0.25) is 0 Å². The Kier molecular flexibility index (Phi) is 3.42. The zero-order chi connectivity index (χ0) is 13.9. The van der Waals surface area contributed by atoms with Crippen molar-refractivity contribution in [2.24, 2.45) is 0 Å². The van der Waals surface area contributed by atoms with Crippen LogP contribution in [0.25, 0.3) is 0 Å². The van der Waals surface area contributed by atoms with Gasteiger partial charge in [0, 0.05) is 12.2 Å². The second-order valence-electron chi connectivity index (χ2n) is 5.21. The van der Waals surface area contributed by atoms with Crippen molar-refractivity contribution in [3.63, 3.8) is 0 Å². The first-order valence-electron chi connectivity index (χ1n) is 6.89. The van der Waals surface area contributed by atoms with E-state index in [2.05, 4.69) is 29.6 Å². The average Bonchev–Trinajstić information content (AvgIpc) is 3.30. The highest BCUT2D eigenvalue weighted by Gasteiger charge is 2.25. The summed E-state index contributed by atoms with van der Waals surface area (Å²) in [5, 5.41) is 12.3. The van der Waals surface area contributed by atoms with Crippen molar-refractivity contribution < 1.29 is 9.90 Å². The Hall–Kier alpha value is -2.29. The minimum Gasteiger partial charge on any atom is -0.478 e. The number of carboxylic acid groups (broad SMARTS) is 1. The molecule has 3 nitrogen and oxygen atoms in total. The van der Waals surface area contributed by atoms with Crippen molar-refractivity contribution in [1.29, 1.82) is 0 Å². The lowest BCUT2D eigenvalue weighted by Gasteiger charge is -2.11. The fourth-order valence-electron chi connectivity index (χ4n) is 2.45. The van der Waals surface area contributed by atoms with E-state index in [9.17, 15) is 4.79 Å². The van der Waals surface area contributed by atoms with Crippen molar-refractivity contribution in [3.05, 3.63) is 65.2 Å². The highest BCUT2D eigenvalue weighted by Crippen LogP contribution is 2.41. The molecule has 102 valence electrons. The molecule has 0 spiro atoms. The first-order chi connectivity index (χ1) is 9.74. The predicted octanol–water partition coefficient (Wildman–Crippen LogP) is 3.87. The van der Waals surface area contributed by atoms with E-state index < -0.39 is 5.97 Å². The fourth-order valence-corrected chi connectivity index (χ4v) is 2.45. The van der Waals surface area contributed by atoms with Gasteiger partial charge in [-0.25, -0.2) is 4.79 Å². The van der Waals surface area contributed by atoms with Gasteiger partial charge in [-0.2, -0.15) is 0 Å². The van der Waals surface area contributed by atoms with Crippen molar-refractivity contribution in [2.75, 3.05) is 5.32 Å². The molecule has 20 heavy (non-hydrogen) atoms. The van der Waals surface area contributed by atoms with E-state index >= 15 is 0 Å². The summed E-state index contributed by atoms with van der Waals surface area (Å²) in [6.45, 7) is 0.732. The number of anilines is 1. The van der Waals surface area contributed by atoms with Crippen LogP contribution >= 0.6 is 0 Å². The van der Waals surface area contributed by atoms with Gasteiger partial charge in [-0.05, 0) is 48.1 Å². The summed E-state index contributed by atoms with van der Waals surface area (Å²) in [5.41, 5.74) is 3.88. The van der Waals surface area contributed by atoms with Gasteiger partial charge in [0.05, 0.1) is 5.56 Å². The van der Waals surface area contributed by atoms with Gasteiger partial charge in [0.2, 0.25) is 0 Å². The lowest BCUT2D eigenvalue weighted by atomic mass is 10.0. The predicted molar refractivity (Wildman–Crippen MR) is 79.1 cm³/mol. The molecule has 1 aliphatic rings. The number of benzene rings is 2. The van der Waals surface area contributed by atoms with Gasteiger partial charge in [-0.15, -0.1) is 0 Å². The molecule has 2 N–H and O–H groups in total. The maximum absolute atomic E-state index is 11.0. The Balaban J connectivity index is 1.73. The minimum atomic E-state index is -0.896. The van der Waals surface area contributed by atoms with E-state index in [0.717, 1.165) is 18.2 Å². The van der Waals surface area contributed by atoms with Crippen LogP contribution in [0.3, 0.4) is 0 Å². The minimum absolute atomic E-state index is 0.311. The molecule has 3 heteroatoms. The van der Waals surface area contributed by atoms with Gasteiger partial charge >= 0.3 is 5.97 Å². The summed E-state index contributed by atoms with van der Waals surface area (Å²) in [7, 11) is 0. The molecule has 1 fully saturated rings. The highest BCUT2D eigenvalue weighted by atomic mass is 16.4. The molecule has 2 aromatic carbocycles. The van der Waals surface area contributed by atoms with Crippen LogP contribution in [0.4, 0.5) is 5.69 Å². The van der Waals surface area contributed by atoms with E-state index in [1.54, 1.807) is 18.2 Å². The van der Waals surface area contributed by atoms with E-state index in [1.807, 2.05) is 6.07 Å². The maximum atomic E-state index is 11.0. The van der Waals surface area contributed by atoms with Gasteiger partial charge < -0.3 is 10.4 Å². The van der Waals surface area contributed by atoms with Crippen LogP contribution in [0.1, 0.15) is 40.2 Å². The van der Waals surface area contributed by atoms with Crippen LogP contribution in [0.15, 0.2) is 48.5 Å². The van der Waals surface area contributed by atoms with Crippen molar-refractivity contribution in [2.45, 2.75) is 25.3 Å². The summed E-state index contributed by atoms with van der Waals surface area (Å²) < 4.78 is 0. The molecule has 0 radical (unpaired) electrons. The normalized spacial score (nSPS) is 14.0. The first kappa shape index (κ1) is 12.7. The molecule has 3 rings (SSSR count). The molecule has 0 aromatic heterocycles. The Morgan fingerprint density at radius 1 is 1.15 bits per heavy atom. The summed E-state index contributed by atoms with van der Waals surface area (Å²) in [6.07, 6.45) is 2.57. The van der Waals surface area contributed by atoms with Crippen LogP contribution in [-0.4, -0.2) is 11.1 Å². The maximum Gasteiger partial charge on any atom is 0.335 e. The molecule has 0 atom stereocenters. The molecule has 1 saturated carbocycles. The van der Waals surface area contributed by atoms with Gasteiger partial charge in [-0.1, -0.05) is 30.3 Å². The number of rotatable bonds is 5. The quantitative estimate of drug-likeness (QED) is 0.864. The summed E-state index contributed by atoms with van der Waals surface area (Å²) in [4.78, 5) is 11.0. The van der Waals surface area contributed by atoms with Crippen LogP contribution < -0.4 is 5.32 Å². The molecule has 0 bridgehead atoms. The van der Waals surface area contributed by atoms with E-state index in [-0.39, 0.29) is 0 Å². The summed E-state index contributed by atoms with van der Waals surface area (Å²) >= 11 is 0. The van der Waals surface area contributed by atoms with Crippen LogP contribution in [0, 0.1) is 0 Å². The highest BCUT2D eigenvalue weighted by molar-refractivity contribution is 5.88. The zero-order valence-corrected chi connectivity index (χ0v) is 11.2. The number of nitrogens with one attached hydrogen (secondary N) is 1. The van der Waals surface area contributed by atoms with Crippen molar-refractivity contribution in [3.8, 4) is 0 Å². The zero-order valence-electron chi connectivity index (χ0n) is 11.2. The van der Waals surface area contributed by atoms with Gasteiger partial charge in [0.1, 0.15) is 0 Å². The molecule has 0 saturated heterocycles. The SMILES string of the molecule is O=C(O)c1cccc(NCc2ccccc2C2CC2)c1. The van der Waals surface area contributed by atoms with Gasteiger partial charge in [0.15, 0.2) is 0 Å². The van der Waals surface area contributed by atoms with E-state index in [4.69, 9.17) is 5.11 Å². The summed E-state index contributed by atoms with van der Waals surface area (Å²) in [6, 6.07) is 15.4. The van der Waals surface area contributed by atoms with Crippen LogP contribution in [-0.2, 0) is 6.54 Å².